The molecule has 1 amide bonds. The van der Waals surface area contributed by atoms with Gasteiger partial charge in [-0.1, -0.05) is 91.0 Å². The summed E-state index contributed by atoms with van der Waals surface area (Å²) in [6, 6.07) is 30.8. The van der Waals surface area contributed by atoms with Gasteiger partial charge in [-0.2, -0.15) is 0 Å². The monoisotopic (exact) mass is 398 g/mol. The van der Waals surface area contributed by atoms with Crippen LogP contribution < -0.4 is 5.73 Å². The van der Waals surface area contributed by atoms with Gasteiger partial charge in [-0.15, -0.1) is 0 Å². The van der Waals surface area contributed by atoms with Crippen LogP contribution in [0.5, 0.6) is 0 Å². The summed E-state index contributed by atoms with van der Waals surface area (Å²) in [4.78, 5) is 15.7. The predicted octanol–water partition coefficient (Wildman–Crippen LogP) is 4.41. The fourth-order valence-electron chi connectivity index (χ4n) is 5.07. The molecule has 0 saturated carbocycles. The number of benzene rings is 3. The van der Waals surface area contributed by atoms with E-state index in [0.717, 1.165) is 50.0 Å². The molecule has 3 aromatic carbocycles. The summed E-state index contributed by atoms with van der Waals surface area (Å²) in [6.07, 6.45) is 3.09. The van der Waals surface area contributed by atoms with E-state index in [0.29, 0.717) is 0 Å². The normalized spacial score (nSPS) is 17.5. The molecule has 3 heteroatoms. The van der Waals surface area contributed by atoms with E-state index < -0.39 is 5.41 Å². The van der Waals surface area contributed by atoms with Crippen molar-refractivity contribution in [1.29, 1.82) is 0 Å². The van der Waals surface area contributed by atoms with Gasteiger partial charge in [0.25, 0.3) is 0 Å². The maximum Gasteiger partial charge on any atom is 0.232 e. The van der Waals surface area contributed by atoms with E-state index >= 15 is 0 Å². The zero-order valence-electron chi connectivity index (χ0n) is 17.4. The summed E-state index contributed by atoms with van der Waals surface area (Å²) in [7, 11) is 0. The average molecular weight is 399 g/mol. The Labute approximate surface area is 179 Å². The van der Waals surface area contributed by atoms with Crippen molar-refractivity contribution in [3.63, 3.8) is 0 Å². The number of piperidine rings is 1. The molecule has 0 radical (unpaired) electrons. The summed E-state index contributed by atoms with van der Waals surface area (Å²) in [6.45, 7) is 2.94. The van der Waals surface area contributed by atoms with Crippen molar-refractivity contribution in [1.82, 2.24) is 4.90 Å². The second kappa shape index (κ2) is 9.27. The second-order valence-electron chi connectivity index (χ2n) is 8.28. The second-order valence-corrected chi connectivity index (χ2v) is 8.28. The van der Waals surface area contributed by atoms with Crippen LogP contribution in [-0.4, -0.2) is 30.4 Å². The number of rotatable bonds is 7. The van der Waals surface area contributed by atoms with Crippen molar-refractivity contribution in [2.75, 3.05) is 19.6 Å². The Hall–Kier alpha value is -2.91. The van der Waals surface area contributed by atoms with E-state index in [4.69, 9.17) is 5.73 Å². The van der Waals surface area contributed by atoms with E-state index in [2.05, 4.69) is 59.5 Å². The van der Waals surface area contributed by atoms with Crippen LogP contribution >= 0.6 is 0 Å². The Kier molecular flexibility index (Phi) is 6.29. The fraction of sp³-hybridized carbons (Fsp3) is 0.296. The number of primary amides is 1. The largest absolute Gasteiger partial charge is 0.369 e. The zero-order valence-corrected chi connectivity index (χ0v) is 17.4. The lowest BCUT2D eigenvalue weighted by molar-refractivity contribution is -0.124. The molecule has 1 aliphatic rings. The van der Waals surface area contributed by atoms with Gasteiger partial charge in [-0.3, -0.25) is 4.79 Å². The summed E-state index contributed by atoms with van der Waals surface area (Å²) in [5, 5.41) is 0. The van der Waals surface area contributed by atoms with Gasteiger partial charge < -0.3 is 10.6 Å². The van der Waals surface area contributed by atoms with Crippen molar-refractivity contribution in [2.24, 2.45) is 11.7 Å². The lowest BCUT2D eigenvalue weighted by Gasteiger charge is -2.44. The standard InChI is InChI=1S/C27H30N2O/c28-26(30)27(23-13-6-2-7-14-23,24-15-8-3-9-16-24)25-17-10-19-29(21-25)20-18-22-11-4-1-5-12-22/h1-9,11-16,25H,10,17-21H2,(H2,28,30). The quantitative estimate of drug-likeness (QED) is 0.641. The van der Waals surface area contributed by atoms with Crippen LogP contribution in [0.3, 0.4) is 0 Å². The molecule has 1 unspecified atom stereocenters. The number of hydrogen-bond donors (Lipinski definition) is 1. The topological polar surface area (TPSA) is 46.3 Å². The first kappa shape index (κ1) is 20.4. The van der Waals surface area contributed by atoms with Gasteiger partial charge in [-0.25, -0.2) is 0 Å². The Morgan fingerprint density at radius 2 is 1.40 bits per heavy atom. The molecule has 0 spiro atoms. The van der Waals surface area contributed by atoms with Gasteiger partial charge in [0.05, 0.1) is 0 Å². The van der Waals surface area contributed by atoms with Crippen LogP contribution in [0.15, 0.2) is 91.0 Å². The maximum absolute atomic E-state index is 13.2. The highest BCUT2D eigenvalue weighted by Crippen LogP contribution is 2.43. The third-order valence-electron chi connectivity index (χ3n) is 6.52. The molecule has 154 valence electrons. The number of carbonyl (C=O) groups excluding carboxylic acids is 1. The molecule has 0 aliphatic carbocycles. The van der Waals surface area contributed by atoms with E-state index in [1.165, 1.54) is 5.56 Å². The van der Waals surface area contributed by atoms with Crippen molar-refractivity contribution in [2.45, 2.75) is 24.7 Å². The van der Waals surface area contributed by atoms with Crippen LogP contribution in [-0.2, 0) is 16.6 Å². The molecular weight excluding hydrogens is 368 g/mol. The third kappa shape index (κ3) is 4.03. The van der Waals surface area contributed by atoms with E-state index in [1.807, 2.05) is 36.4 Å². The predicted molar refractivity (Wildman–Crippen MR) is 122 cm³/mol. The van der Waals surface area contributed by atoms with Crippen LogP contribution in [0.25, 0.3) is 0 Å². The number of nitrogens with two attached hydrogens (primary N) is 1. The molecule has 1 fully saturated rings. The van der Waals surface area contributed by atoms with Crippen LogP contribution in [0.4, 0.5) is 0 Å². The molecule has 0 aromatic heterocycles. The van der Waals surface area contributed by atoms with Gasteiger partial charge in [-0.05, 0) is 48.4 Å². The minimum Gasteiger partial charge on any atom is -0.369 e. The number of carbonyl (C=O) groups is 1. The smallest absolute Gasteiger partial charge is 0.232 e. The third-order valence-corrected chi connectivity index (χ3v) is 6.52. The molecule has 4 rings (SSSR count). The minimum atomic E-state index is -0.812. The van der Waals surface area contributed by atoms with Crippen molar-refractivity contribution >= 4 is 5.91 Å². The van der Waals surface area contributed by atoms with Gasteiger partial charge in [0.15, 0.2) is 0 Å². The molecule has 1 atom stereocenters. The minimum absolute atomic E-state index is 0.143. The van der Waals surface area contributed by atoms with Gasteiger partial charge in [0.2, 0.25) is 5.91 Å². The zero-order chi connectivity index (χ0) is 20.8. The van der Waals surface area contributed by atoms with Crippen molar-refractivity contribution in [3.8, 4) is 0 Å². The summed E-state index contributed by atoms with van der Waals surface area (Å²) < 4.78 is 0. The molecule has 30 heavy (non-hydrogen) atoms. The lowest BCUT2D eigenvalue weighted by Crippen LogP contribution is -2.53. The highest BCUT2D eigenvalue weighted by Gasteiger charge is 2.48. The molecule has 1 aliphatic heterocycles. The SMILES string of the molecule is NC(=O)C(c1ccccc1)(c1ccccc1)C1CCCN(CCc2ccccc2)C1. The van der Waals surface area contributed by atoms with Gasteiger partial charge in [0, 0.05) is 13.1 Å². The Bertz CT molecular complexity index is 901. The molecule has 0 bridgehead atoms. The van der Waals surface area contributed by atoms with Crippen molar-refractivity contribution < 1.29 is 4.79 Å². The highest BCUT2D eigenvalue weighted by atomic mass is 16.1. The molecular formula is C27H30N2O. The molecule has 3 aromatic rings. The lowest BCUT2D eigenvalue weighted by atomic mass is 9.63. The first-order valence-electron chi connectivity index (χ1n) is 10.9. The van der Waals surface area contributed by atoms with Crippen molar-refractivity contribution in [3.05, 3.63) is 108 Å². The molecule has 2 N–H and O–H groups in total. The number of amides is 1. The summed E-state index contributed by atoms with van der Waals surface area (Å²) >= 11 is 0. The molecule has 1 heterocycles. The molecule has 1 saturated heterocycles. The number of likely N-dealkylation sites (tertiary alicyclic amines) is 1. The first-order valence-corrected chi connectivity index (χ1v) is 10.9. The number of nitrogens with zero attached hydrogens (tertiary/aromatic N) is 1. The Morgan fingerprint density at radius 1 is 0.867 bits per heavy atom. The Balaban J connectivity index is 1.66. The van der Waals surface area contributed by atoms with Gasteiger partial charge >= 0.3 is 0 Å². The highest BCUT2D eigenvalue weighted by molar-refractivity contribution is 5.91. The van der Waals surface area contributed by atoms with Crippen LogP contribution in [0.1, 0.15) is 29.5 Å². The maximum atomic E-state index is 13.2. The Morgan fingerprint density at radius 3 is 1.93 bits per heavy atom. The fourth-order valence-corrected chi connectivity index (χ4v) is 5.07. The van der Waals surface area contributed by atoms with E-state index in [-0.39, 0.29) is 11.8 Å². The van der Waals surface area contributed by atoms with E-state index in [9.17, 15) is 4.79 Å². The summed E-state index contributed by atoms with van der Waals surface area (Å²) in [5.74, 6) is -0.112. The van der Waals surface area contributed by atoms with Crippen LogP contribution in [0, 0.1) is 5.92 Å². The summed E-state index contributed by atoms with van der Waals surface area (Å²) in [5.41, 5.74) is 8.76. The average Bonchev–Trinajstić information content (AvgIpc) is 2.80. The van der Waals surface area contributed by atoms with E-state index in [1.54, 1.807) is 0 Å². The van der Waals surface area contributed by atoms with Crippen LogP contribution in [0.2, 0.25) is 0 Å². The number of hydrogen-bond acceptors (Lipinski definition) is 2. The molecule has 3 nitrogen and oxygen atoms in total. The first-order chi connectivity index (χ1) is 14.7. The van der Waals surface area contributed by atoms with Gasteiger partial charge in [0.1, 0.15) is 5.41 Å².